The molecule has 3 aromatic rings. The largest absolute Gasteiger partial charge is 0.397 e. The molecule has 0 aromatic heterocycles. The third kappa shape index (κ3) is 7.90. The van der Waals surface area contributed by atoms with Crippen LogP contribution < -0.4 is 11.1 Å². The molecule has 1 amide bonds. The van der Waals surface area contributed by atoms with E-state index < -0.39 is 31.0 Å². The van der Waals surface area contributed by atoms with Crippen molar-refractivity contribution in [2.75, 3.05) is 11.1 Å². The summed E-state index contributed by atoms with van der Waals surface area (Å²) >= 11 is 2.90. The zero-order valence-electron chi connectivity index (χ0n) is 18.4. The first kappa shape index (κ1) is 31.9. The van der Waals surface area contributed by atoms with Gasteiger partial charge in [-0.1, -0.05) is 18.7 Å². The first-order valence-corrected chi connectivity index (χ1v) is 12.4. The van der Waals surface area contributed by atoms with Crippen LogP contribution >= 0.6 is 15.9 Å². The molecule has 0 spiro atoms. The second-order valence-corrected chi connectivity index (χ2v) is 10.3. The molecule has 0 heterocycles. The summed E-state index contributed by atoms with van der Waals surface area (Å²) in [5.41, 5.74) is 6.01. The molecule has 174 valence electrons. The Hall–Kier alpha value is -1.17. The zero-order valence-corrected chi connectivity index (χ0v) is 25.6. The number of nitrogens with zero attached hydrogens (tertiary/aromatic N) is 2. The molecule has 3 aromatic carbocycles. The van der Waals surface area contributed by atoms with Crippen LogP contribution in [0.1, 0.15) is 0 Å². The minimum atomic E-state index is -4.76. The van der Waals surface area contributed by atoms with Crippen molar-refractivity contribution in [3.05, 3.63) is 59.6 Å². The SMILES string of the molecule is C=C(Br)C(=O)Nc1ccc(N=Nc2c(N)ccc3cc(S(=O)(=O)O)ccc23)c(S(=O)(=O)O)c1.[Na].[Na]. The van der Waals surface area contributed by atoms with Crippen LogP contribution in [-0.2, 0) is 25.0 Å². The van der Waals surface area contributed by atoms with E-state index in [-0.39, 0.29) is 91.2 Å². The van der Waals surface area contributed by atoms with Gasteiger partial charge in [-0.2, -0.15) is 16.8 Å². The molecule has 0 atom stereocenters. The summed E-state index contributed by atoms with van der Waals surface area (Å²) in [7, 11) is -9.19. The fourth-order valence-electron chi connectivity index (χ4n) is 2.76. The maximum absolute atomic E-state index is 11.9. The standard InChI is InChI=1S/C19H15BrN4O7S2.2Na/c1-10(20)19(25)22-12-3-7-16(17(9-12)33(29,30)31)23-24-18-14-5-4-13(32(26,27)28)8-11(14)2-6-15(18)21;;/h2-9H,1,21H2,(H,22,25)(H,26,27,28)(H,29,30,31);;. The molecular formula is C19H15BrN4Na2O7S2. The molecule has 0 aliphatic heterocycles. The minimum absolute atomic E-state index is 0. The Morgan fingerprint density at radius 1 is 0.943 bits per heavy atom. The van der Waals surface area contributed by atoms with Crippen LogP contribution in [0.15, 0.2) is 79.6 Å². The number of nitrogen functional groups attached to an aromatic ring is 1. The van der Waals surface area contributed by atoms with Crippen molar-refractivity contribution >= 4 is 135 Å². The smallest absolute Gasteiger partial charge is 0.296 e. The number of benzene rings is 3. The van der Waals surface area contributed by atoms with Gasteiger partial charge in [0.15, 0.2) is 0 Å². The number of amides is 1. The van der Waals surface area contributed by atoms with E-state index in [0.717, 1.165) is 12.1 Å². The second kappa shape index (κ2) is 12.4. The van der Waals surface area contributed by atoms with Gasteiger partial charge in [-0.15, -0.1) is 10.2 Å². The van der Waals surface area contributed by atoms with Gasteiger partial charge in [0, 0.05) is 70.2 Å². The molecule has 0 bridgehead atoms. The Morgan fingerprint density at radius 2 is 1.60 bits per heavy atom. The molecule has 11 nitrogen and oxygen atoms in total. The summed E-state index contributed by atoms with van der Waals surface area (Å²) in [5.74, 6) is -0.626. The van der Waals surface area contributed by atoms with Crippen LogP contribution in [0.2, 0.25) is 0 Å². The Kier molecular flexibility index (Phi) is 11.3. The summed E-state index contributed by atoms with van der Waals surface area (Å²) in [6.07, 6.45) is 0. The number of anilines is 2. The van der Waals surface area contributed by atoms with Crippen molar-refractivity contribution in [3.63, 3.8) is 0 Å². The van der Waals surface area contributed by atoms with Crippen molar-refractivity contribution < 1.29 is 30.7 Å². The van der Waals surface area contributed by atoms with Gasteiger partial charge in [0.25, 0.3) is 26.1 Å². The van der Waals surface area contributed by atoms with Gasteiger partial charge in [-0.3, -0.25) is 13.9 Å². The molecule has 0 aliphatic rings. The fourth-order valence-corrected chi connectivity index (χ4v) is 4.03. The Labute approximate surface area is 253 Å². The molecule has 0 unspecified atom stereocenters. The molecule has 0 fully saturated rings. The van der Waals surface area contributed by atoms with Crippen molar-refractivity contribution in [2.45, 2.75) is 9.79 Å². The van der Waals surface area contributed by atoms with Gasteiger partial charge in [0.2, 0.25) is 0 Å². The molecular weight excluding hydrogens is 586 g/mol. The van der Waals surface area contributed by atoms with E-state index in [2.05, 4.69) is 38.1 Å². The van der Waals surface area contributed by atoms with Gasteiger partial charge in [-0.25, -0.2) is 0 Å². The number of hydrogen-bond donors (Lipinski definition) is 4. The molecule has 5 N–H and O–H groups in total. The Bertz CT molecular complexity index is 1560. The molecule has 0 saturated carbocycles. The number of nitrogens with one attached hydrogen (secondary N) is 1. The predicted octanol–water partition coefficient (Wildman–Crippen LogP) is 3.42. The minimum Gasteiger partial charge on any atom is -0.397 e. The van der Waals surface area contributed by atoms with E-state index in [1.54, 1.807) is 0 Å². The summed E-state index contributed by atoms with van der Waals surface area (Å²) in [4.78, 5) is 10.8. The first-order valence-electron chi connectivity index (χ1n) is 8.76. The van der Waals surface area contributed by atoms with Crippen molar-refractivity contribution in [3.8, 4) is 0 Å². The summed E-state index contributed by atoms with van der Waals surface area (Å²) in [6.45, 7) is 3.40. The number of azo groups is 1. The van der Waals surface area contributed by atoms with Gasteiger partial charge < -0.3 is 11.1 Å². The average Bonchev–Trinajstić information content (AvgIpc) is 2.71. The predicted molar refractivity (Wildman–Crippen MR) is 137 cm³/mol. The molecule has 0 aliphatic carbocycles. The van der Waals surface area contributed by atoms with E-state index in [0.29, 0.717) is 10.8 Å². The van der Waals surface area contributed by atoms with Gasteiger partial charge in [0.05, 0.1) is 15.1 Å². The number of rotatable bonds is 6. The van der Waals surface area contributed by atoms with Crippen LogP contribution in [0.25, 0.3) is 10.8 Å². The van der Waals surface area contributed by atoms with E-state index in [9.17, 15) is 30.7 Å². The zero-order chi connectivity index (χ0) is 24.6. The number of carbonyl (C=O) groups is 1. The maximum atomic E-state index is 11.9. The normalized spacial score (nSPS) is 11.5. The van der Waals surface area contributed by atoms with Crippen LogP contribution in [0.4, 0.5) is 22.7 Å². The average molecular weight is 601 g/mol. The van der Waals surface area contributed by atoms with E-state index in [1.807, 2.05) is 0 Å². The van der Waals surface area contributed by atoms with Gasteiger partial charge >= 0.3 is 0 Å². The quantitative estimate of drug-likeness (QED) is 0.109. The fraction of sp³-hybridized carbons (Fsp3) is 0. The molecule has 3 rings (SSSR count). The van der Waals surface area contributed by atoms with Crippen LogP contribution in [0, 0.1) is 0 Å². The van der Waals surface area contributed by atoms with Crippen LogP contribution in [-0.4, -0.2) is 91.0 Å². The van der Waals surface area contributed by atoms with Gasteiger partial charge in [-0.05, 0) is 57.7 Å². The molecule has 0 saturated heterocycles. The van der Waals surface area contributed by atoms with Crippen molar-refractivity contribution in [1.29, 1.82) is 0 Å². The number of carbonyl (C=O) groups excluding carboxylic acids is 1. The number of hydrogen-bond acceptors (Lipinski definition) is 8. The van der Waals surface area contributed by atoms with E-state index in [4.69, 9.17) is 5.73 Å². The summed E-state index contributed by atoms with van der Waals surface area (Å²) in [5, 5.41) is 11.0. The third-order valence-corrected chi connectivity index (χ3v) is 6.38. The van der Waals surface area contributed by atoms with Gasteiger partial charge in [0.1, 0.15) is 16.3 Å². The topological polar surface area (TPSA) is 189 Å². The Morgan fingerprint density at radius 3 is 2.17 bits per heavy atom. The Balaban J connectivity index is 0.00000306. The van der Waals surface area contributed by atoms with Crippen LogP contribution in [0.3, 0.4) is 0 Å². The third-order valence-electron chi connectivity index (χ3n) is 4.29. The second-order valence-electron chi connectivity index (χ2n) is 6.58. The van der Waals surface area contributed by atoms with Crippen LogP contribution in [0.5, 0.6) is 0 Å². The van der Waals surface area contributed by atoms with Crippen molar-refractivity contribution in [1.82, 2.24) is 0 Å². The summed E-state index contributed by atoms with van der Waals surface area (Å²) < 4.78 is 65.3. The monoisotopic (exact) mass is 600 g/mol. The first-order chi connectivity index (χ1) is 15.3. The van der Waals surface area contributed by atoms with Crippen molar-refractivity contribution in [2.24, 2.45) is 10.2 Å². The number of fused-ring (bicyclic) bond motifs is 1. The van der Waals surface area contributed by atoms with E-state index >= 15 is 0 Å². The summed E-state index contributed by atoms with van der Waals surface area (Å²) in [6, 6.07) is 10.2. The number of nitrogens with two attached hydrogens (primary N) is 1. The maximum Gasteiger partial charge on any atom is 0.296 e. The molecule has 35 heavy (non-hydrogen) atoms. The van der Waals surface area contributed by atoms with E-state index in [1.165, 1.54) is 36.4 Å². The molecule has 16 heteroatoms. The molecule has 2 radical (unpaired) electrons. The number of halogens is 1.